The van der Waals surface area contributed by atoms with Gasteiger partial charge in [0.1, 0.15) is 0 Å². The molecule has 98 valence electrons. The molecule has 1 atom stereocenters. The van der Waals surface area contributed by atoms with Gasteiger partial charge in [-0.3, -0.25) is 9.59 Å². The second-order valence-corrected chi connectivity index (χ2v) is 4.94. The Bertz CT molecular complexity index is 279. The minimum Gasteiger partial charge on any atom is -0.354 e. The van der Waals surface area contributed by atoms with Crippen LogP contribution in [0.5, 0.6) is 0 Å². The van der Waals surface area contributed by atoms with E-state index in [1.54, 1.807) is 4.90 Å². The van der Waals surface area contributed by atoms with Crippen molar-refractivity contribution in [2.75, 3.05) is 20.1 Å². The van der Waals surface area contributed by atoms with Gasteiger partial charge in [-0.05, 0) is 20.3 Å². The van der Waals surface area contributed by atoms with E-state index in [2.05, 4.69) is 10.6 Å². The maximum Gasteiger partial charge on any atom is 0.222 e. The molecule has 5 nitrogen and oxygen atoms in total. The van der Waals surface area contributed by atoms with E-state index in [1.165, 1.54) is 0 Å². The second-order valence-electron chi connectivity index (χ2n) is 4.94. The van der Waals surface area contributed by atoms with E-state index in [0.29, 0.717) is 25.4 Å². The molecule has 0 bridgehead atoms. The lowest BCUT2D eigenvalue weighted by atomic mass is 10.1. The number of hydrogen-bond acceptors (Lipinski definition) is 3. The summed E-state index contributed by atoms with van der Waals surface area (Å²) in [5, 5.41) is 6.17. The Balaban J connectivity index is 2.15. The smallest absolute Gasteiger partial charge is 0.222 e. The van der Waals surface area contributed by atoms with Gasteiger partial charge >= 0.3 is 0 Å². The first-order valence-electron chi connectivity index (χ1n) is 6.25. The van der Waals surface area contributed by atoms with Crippen LogP contribution in [0.4, 0.5) is 0 Å². The first-order valence-corrected chi connectivity index (χ1v) is 6.25. The monoisotopic (exact) mass is 241 g/mol. The third kappa shape index (κ3) is 5.17. The average Bonchev–Trinajstić information content (AvgIpc) is 2.22. The molecule has 5 heteroatoms. The maximum atomic E-state index is 11.4. The Morgan fingerprint density at radius 2 is 2.24 bits per heavy atom. The van der Waals surface area contributed by atoms with Crippen molar-refractivity contribution in [3.8, 4) is 0 Å². The molecule has 1 fully saturated rings. The van der Waals surface area contributed by atoms with E-state index in [0.717, 1.165) is 13.0 Å². The van der Waals surface area contributed by atoms with Crippen LogP contribution < -0.4 is 10.6 Å². The number of carbonyl (C=O) groups is 2. The highest BCUT2D eigenvalue weighted by molar-refractivity contribution is 5.77. The van der Waals surface area contributed by atoms with Crippen LogP contribution in [0.3, 0.4) is 0 Å². The van der Waals surface area contributed by atoms with E-state index >= 15 is 0 Å². The number of rotatable bonds is 5. The molecule has 1 rings (SSSR count). The summed E-state index contributed by atoms with van der Waals surface area (Å²) in [6.07, 6.45) is 1.97. The van der Waals surface area contributed by atoms with Crippen molar-refractivity contribution in [1.29, 1.82) is 0 Å². The van der Waals surface area contributed by atoms with E-state index in [1.807, 2.05) is 20.9 Å². The van der Waals surface area contributed by atoms with Crippen LogP contribution in [0.15, 0.2) is 0 Å². The van der Waals surface area contributed by atoms with Crippen molar-refractivity contribution in [1.82, 2.24) is 15.5 Å². The van der Waals surface area contributed by atoms with Gasteiger partial charge in [0.25, 0.3) is 0 Å². The predicted octanol–water partition coefficient (Wildman–Crippen LogP) is 0.112. The first-order chi connectivity index (χ1) is 7.99. The largest absolute Gasteiger partial charge is 0.354 e. The molecule has 2 amide bonds. The van der Waals surface area contributed by atoms with Gasteiger partial charge in [-0.15, -0.1) is 0 Å². The highest BCUT2D eigenvalue weighted by atomic mass is 16.2. The predicted molar refractivity (Wildman–Crippen MR) is 66.6 cm³/mol. The third-order valence-corrected chi connectivity index (χ3v) is 2.86. The number of nitrogens with zero attached hydrogens (tertiary/aromatic N) is 1. The van der Waals surface area contributed by atoms with E-state index < -0.39 is 0 Å². The van der Waals surface area contributed by atoms with Crippen LogP contribution in [-0.4, -0.2) is 48.9 Å². The molecular weight excluding hydrogens is 218 g/mol. The van der Waals surface area contributed by atoms with Crippen LogP contribution in [0.25, 0.3) is 0 Å². The molecule has 0 aromatic carbocycles. The quantitative estimate of drug-likeness (QED) is 0.718. The summed E-state index contributed by atoms with van der Waals surface area (Å²) in [7, 11) is 1.82. The van der Waals surface area contributed by atoms with Crippen LogP contribution in [0.1, 0.15) is 33.1 Å². The average molecular weight is 241 g/mol. The summed E-state index contributed by atoms with van der Waals surface area (Å²) in [5.74, 6) is 0.286. The van der Waals surface area contributed by atoms with Gasteiger partial charge < -0.3 is 15.5 Å². The number of likely N-dealkylation sites (tertiary alicyclic amines) is 1. The van der Waals surface area contributed by atoms with Crippen molar-refractivity contribution in [3.63, 3.8) is 0 Å². The second kappa shape index (κ2) is 6.59. The molecular formula is C12H23N3O2. The number of amides is 2. The molecule has 1 heterocycles. The van der Waals surface area contributed by atoms with Crippen molar-refractivity contribution in [2.24, 2.45) is 0 Å². The van der Waals surface area contributed by atoms with Crippen molar-refractivity contribution in [2.45, 2.75) is 45.2 Å². The normalized spacial score (nSPS) is 20.8. The number of carbonyl (C=O) groups excluding carboxylic acids is 2. The van der Waals surface area contributed by atoms with Crippen LogP contribution >= 0.6 is 0 Å². The molecule has 2 N–H and O–H groups in total. The fourth-order valence-electron chi connectivity index (χ4n) is 1.96. The molecule has 17 heavy (non-hydrogen) atoms. The Hall–Kier alpha value is -1.10. The summed E-state index contributed by atoms with van der Waals surface area (Å²) in [6.45, 7) is 5.32. The van der Waals surface area contributed by atoms with Crippen molar-refractivity contribution in [3.05, 3.63) is 0 Å². The molecule has 1 unspecified atom stereocenters. The van der Waals surface area contributed by atoms with Crippen LogP contribution in [-0.2, 0) is 9.59 Å². The minimum atomic E-state index is 0.0766. The zero-order chi connectivity index (χ0) is 12.8. The lowest BCUT2D eigenvalue weighted by Gasteiger charge is -2.30. The summed E-state index contributed by atoms with van der Waals surface area (Å²) < 4.78 is 0. The molecule has 0 aromatic rings. The van der Waals surface area contributed by atoms with Gasteiger partial charge in [0.15, 0.2) is 0 Å². The number of piperidine rings is 1. The topological polar surface area (TPSA) is 61.4 Å². The van der Waals surface area contributed by atoms with Gasteiger partial charge in [-0.25, -0.2) is 0 Å². The van der Waals surface area contributed by atoms with E-state index in [4.69, 9.17) is 0 Å². The van der Waals surface area contributed by atoms with E-state index in [-0.39, 0.29) is 17.9 Å². The molecule has 0 saturated carbocycles. The van der Waals surface area contributed by atoms with Gasteiger partial charge in [0.2, 0.25) is 11.8 Å². The van der Waals surface area contributed by atoms with Gasteiger partial charge in [0, 0.05) is 45.1 Å². The lowest BCUT2D eigenvalue weighted by molar-refractivity contribution is -0.132. The van der Waals surface area contributed by atoms with Crippen LogP contribution in [0.2, 0.25) is 0 Å². The number of nitrogens with one attached hydrogen (secondary N) is 2. The SMILES string of the molecule is CC(C)NC(=O)CCNC1CCC(=O)N(C)C1. The van der Waals surface area contributed by atoms with Crippen molar-refractivity contribution >= 4 is 11.8 Å². The fourth-order valence-corrected chi connectivity index (χ4v) is 1.96. The Morgan fingerprint density at radius 1 is 1.53 bits per heavy atom. The zero-order valence-corrected chi connectivity index (χ0v) is 11.0. The summed E-state index contributed by atoms with van der Waals surface area (Å²) in [5.41, 5.74) is 0. The summed E-state index contributed by atoms with van der Waals surface area (Å²) >= 11 is 0. The zero-order valence-electron chi connectivity index (χ0n) is 11.0. The van der Waals surface area contributed by atoms with Gasteiger partial charge in [-0.1, -0.05) is 0 Å². The third-order valence-electron chi connectivity index (χ3n) is 2.86. The minimum absolute atomic E-state index is 0.0766. The highest BCUT2D eigenvalue weighted by Gasteiger charge is 2.22. The molecule has 1 aliphatic heterocycles. The Morgan fingerprint density at radius 3 is 2.82 bits per heavy atom. The van der Waals surface area contributed by atoms with Gasteiger partial charge in [0.05, 0.1) is 0 Å². The molecule has 0 spiro atoms. The molecule has 1 aliphatic rings. The van der Waals surface area contributed by atoms with Gasteiger partial charge in [-0.2, -0.15) is 0 Å². The Kier molecular flexibility index (Phi) is 5.41. The van der Waals surface area contributed by atoms with Crippen LogP contribution in [0, 0.1) is 0 Å². The molecule has 1 saturated heterocycles. The number of hydrogen-bond donors (Lipinski definition) is 2. The molecule has 0 aliphatic carbocycles. The van der Waals surface area contributed by atoms with E-state index in [9.17, 15) is 9.59 Å². The maximum absolute atomic E-state index is 11.4. The standard InChI is InChI=1S/C12H23N3O2/c1-9(2)14-11(16)6-7-13-10-4-5-12(17)15(3)8-10/h9-10,13H,4-8H2,1-3H3,(H,14,16). The summed E-state index contributed by atoms with van der Waals surface area (Å²) in [6, 6.07) is 0.519. The number of likely N-dealkylation sites (N-methyl/N-ethyl adjacent to an activating group) is 1. The molecule has 0 aromatic heterocycles. The fraction of sp³-hybridized carbons (Fsp3) is 0.833. The highest BCUT2D eigenvalue weighted by Crippen LogP contribution is 2.09. The summed E-state index contributed by atoms with van der Waals surface area (Å²) in [4.78, 5) is 24.4. The molecule has 0 radical (unpaired) electrons. The lowest BCUT2D eigenvalue weighted by Crippen LogP contribution is -2.47. The first kappa shape index (κ1) is 14.0. The van der Waals surface area contributed by atoms with Crippen molar-refractivity contribution < 1.29 is 9.59 Å². The Labute approximate surface area is 103 Å².